The summed E-state index contributed by atoms with van der Waals surface area (Å²) in [5.41, 5.74) is 3.97. The van der Waals surface area contributed by atoms with Crippen molar-refractivity contribution in [1.82, 2.24) is 5.01 Å². The van der Waals surface area contributed by atoms with Gasteiger partial charge in [-0.2, -0.15) is 5.10 Å². The van der Waals surface area contributed by atoms with Gasteiger partial charge in [-0.15, -0.1) is 0 Å². The first-order valence-corrected chi connectivity index (χ1v) is 10.1. The Kier molecular flexibility index (Phi) is 4.61. The lowest BCUT2D eigenvalue weighted by Crippen LogP contribution is -2.33. The Bertz CT molecular complexity index is 1100. The maximum absolute atomic E-state index is 6.50. The second-order valence-corrected chi connectivity index (χ2v) is 7.89. The second-order valence-electron chi connectivity index (χ2n) is 7.05. The van der Waals surface area contributed by atoms with Crippen LogP contribution in [0.15, 0.2) is 71.8 Å². The third kappa shape index (κ3) is 3.22. The lowest BCUT2D eigenvalue weighted by Gasteiger charge is -2.38. The van der Waals surface area contributed by atoms with Gasteiger partial charge < -0.3 is 9.47 Å². The molecule has 29 heavy (non-hydrogen) atoms. The molecule has 0 unspecified atom stereocenters. The van der Waals surface area contributed by atoms with Gasteiger partial charge >= 0.3 is 0 Å². The first-order chi connectivity index (χ1) is 14.1. The number of hydrogen-bond donors (Lipinski definition) is 0. The number of methoxy groups -OCH3 is 1. The minimum absolute atomic E-state index is 0.0239. The molecule has 0 saturated heterocycles. The highest BCUT2D eigenvalue weighted by atomic mass is 35.5. The molecule has 2 atom stereocenters. The highest BCUT2D eigenvalue weighted by Gasteiger charge is 2.41. The van der Waals surface area contributed by atoms with E-state index in [-0.39, 0.29) is 6.04 Å². The molecule has 3 aromatic rings. The summed E-state index contributed by atoms with van der Waals surface area (Å²) in [6, 6.07) is 21.4. The van der Waals surface area contributed by atoms with Crippen LogP contribution in [-0.2, 0) is 0 Å². The van der Waals surface area contributed by atoms with Crippen molar-refractivity contribution in [3.8, 4) is 11.5 Å². The molecule has 3 aromatic carbocycles. The number of benzene rings is 3. The summed E-state index contributed by atoms with van der Waals surface area (Å²) in [7, 11) is 1.66. The summed E-state index contributed by atoms with van der Waals surface area (Å²) < 4.78 is 11.6. The van der Waals surface area contributed by atoms with E-state index >= 15 is 0 Å². The molecule has 0 aromatic heterocycles. The number of hydrazone groups is 1. The van der Waals surface area contributed by atoms with Gasteiger partial charge in [-0.3, -0.25) is 0 Å². The summed E-state index contributed by atoms with van der Waals surface area (Å²) in [5, 5.41) is 8.28. The lowest BCUT2D eigenvalue weighted by molar-refractivity contribution is -0.0189. The number of nitrogens with zero attached hydrogens (tertiary/aromatic N) is 2. The highest BCUT2D eigenvalue weighted by molar-refractivity contribution is 6.31. The van der Waals surface area contributed by atoms with Crippen molar-refractivity contribution in [3.63, 3.8) is 0 Å². The fourth-order valence-electron chi connectivity index (χ4n) is 3.90. The zero-order chi connectivity index (χ0) is 20.0. The summed E-state index contributed by atoms with van der Waals surface area (Å²) in [6.07, 6.45) is 0.349. The van der Waals surface area contributed by atoms with E-state index < -0.39 is 6.23 Å². The molecule has 5 rings (SSSR count). The van der Waals surface area contributed by atoms with Gasteiger partial charge in [0.1, 0.15) is 11.5 Å². The summed E-state index contributed by atoms with van der Waals surface area (Å²) in [4.78, 5) is 0. The number of fused-ring (bicyclic) bond motifs is 3. The Labute approximate surface area is 179 Å². The van der Waals surface area contributed by atoms with Gasteiger partial charge in [-0.05, 0) is 54.1 Å². The summed E-state index contributed by atoms with van der Waals surface area (Å²) in [5.74, 6) is 1.63. The first kappa shape index (κ1) is 18.3. The molecule has 0 radical (unpaired) electrons. The van der Waals surface area contributed by atoms with Gasteiger partial charge in [0.25, 0.3) is 0 Å². The highest BCUT2D eigenvalue weighted by Crippen LogP contribution is 2.49. The third-order valence-electron chi connectivity index (χ3n) is 5.35. The van der Waals surface area contributed by atoms with Crippen LogP contribution in [0.2, 0.25) is 10.0 Å². The zero-order valence-electron chi connectivity index (χ0n) is 15.7. The lowest BCUT2D eigenvalue weighted by atomic mass is 9.96. The van der Waals surface area contributed by atoms with Gasteiger partial charge in [0.2, 0.25) is 6.23 Å². The van der Waals surface area contributed by atoms with E-state index in [0.717, 1.165) is 40.3 Å². The molecule has 2 aliphatic rings. The molecule has 0 bridgehead atoms. The average Bonchev–Trinajstić information content (AvgIpc) is 3.20. The smallest absolute Gasteiger partial charge is 0.215 e. The van der Waals surface area contributed by atoms with Crippen molar-refractivity contribution in [2.24, 2.45) is 5.10 Å². The van der Waals surface area contributed by atoms with Crippen LogP contribution < -0.4 is 9.47 Å². The maximum atomic E-state index is 6.50. The van der Waals surface area contributed by atoms with Gasteiger partial charge in [-0.1, -0.05) is 41.4 Å². The molecule has 0 N–H and O–H groups in total. The zero-order valence-corrected chi connectivity index (χ0v) is 17.2. The standard InChI is InChI=1S/C23H18Cl2N2O2/c1-28-16-9-6-14(7-10-16)20-13-21-18-12-15(24)8-11-22(18)29-23(27(21)26-20)17-4-2-3-5-19(17)25/h2-12,21,23H,13H2,1H3/t21-,23+/m1/s1. The second kappa shape index (κ2) is 7.29. The minimum Gasteiger partial charge on any atom is -0.497 e. The Morgan fingerprint density at radius 2 is 1.79 bits per heavy atom. The van der Waals surface area contributed by atoms with E-state index in [1.165, 1.54) is 0 Å². The monoisotopic (exact) mass is 424 g/mol. The Morgan fingerprint density at radius 1 is 1.00 bits per heavy atom. The fraction of sp³-hybridized carbons (Fsp3) is 0.174. The summed E-state index contributed by atoms with van der Waals surface area (Å²) in [6.45, 7) is 0. The van der Waals surface area contributed by atoms with Crippen LogP contribution in [0.3, 0.4) is 0 Å². The SMILES string of the molecule is COc1ccc(C2=NN3[C@H](C2)c2cc(Cl)ccc2O[C@H]3c2ccccc2Cl)cc1. The van der Waals surface area contributed by atoms with Crippen LogP contribution >= 0.6 is 23.2 Å². The van der Waals surface area contributed by atoms with Crippen LogP contribution in [-0.4, -0.2) is 17.8 Å². The fourth-order valence-corrected chi connectivity index (χ4v) is 4.31. The van der Waals surface area contributed by atoms with E-state index in [0.29, 0.717) is 10.0 Å². The molecule has 0 spiro atoms. The molecule has 0 amide bonds. The predicted molar refractivity (Wildman–Crippen MR) is 115 cm³/mol. The molecule has 4 nitrogen and oxygen atoms in total. The molecule has 2 heterocycles. The Hall–Kier alpha value is -2.69. The normalized spacial score (nSPS) is 19.8. The van der Waals surface area contributed by atoms with E-state index in [2.05, 4.69) is 0 Å². The molecule has 0 fully saturated rings. The van der Waals surface area contributed by atoms with Crippen LogP contribution in [0.1, 0.15) is 35.4 Å². The first-order valence-electron chi connectivity index (χ1n) is 9.35. The van der Waals surface area contributed by atoms with Crippen molar-refractivity contribution in [1.29, 1.82) is 0 Å². The van der Waals surface area contributed by atoms with Gasteiger partial charge in [0.15, 0.2) is 0 Å². The van der Waals surface area contributed by atoms with Crippen molar-refractivity contribution < 1.29 is 9.47 Å². The van der Waals surface area contributed by atoms with Crippen molar-refractivity contribution in [3.05, 3.63) is 93.5 Å². The van der Waals surface area contributed by atoms with Crippen LogP contribution in [0.25, 0.3) is 0 Å². The molecule has 2 aliphatic heterocycles. The molecule has 0 saturated carbocycles. The maximum Gasteiger partial charge on any atom is 0.215 e. The van der Waals surface area contributed by atoms with Gasteiger partial charge in [-0.25, -0.2) is 5.01 Å². The third-order valence-corrected chi connectivity index (χ3v) is 5.93. The summed E-state index contributed by atoms with van der Waals surface area (Å²) >= 11 is 12.8. The van der Waals surface area contributed by atoms with Crippen molar-refractivity contribution >= 4 is 28.9 Å². The predicted octanol–water partition coefficient (Wildman–Crippen LogP) is 6.24. The van der Waals surface area contributed by atoms with E-state index in [1.54, 1.807) is 7.11 Å². The van der Waals surface area contributed by atoms with E-state index in [9.17, 15) is 0 Å². The average molecular weight is 425 g/mol. The van der Waals surface area contributed by atoms with E-state index in [4.69, 9.17) is 37.8 Å². The molecule has 146 valence electrons. The Balaban J connectivity index is 1.59. The van der Waals surface area contributed by atoms with Crippen molar-refractivity contribution in [2.45, 2.75) is 18.7 Å². The van der Waals surface area contributed by atoms with Crippen LogP contribution in [0.4, 0.5) is 0 Å². The quantitative estimate of drug-likeness (QED) is 0.498. The molecular weight excluding hydrogens is 407 g/mol. The molecular formula is C23H18Cl2N2O2. The van der Waals surface area contributed by atoms with Crippen LogP contribution in [0.5, 0.6) is 11.5 Å². The molecule has 6 heteroatoms. The largest absolute Gasteiger partial charge is 0.497 e. The van der Waals surface area contributed by atoms with Gasteiger partial charge in [0, 0.05) is 27.6 Å². The number of hydrogen-bond acceptors (Lipinski definition) is 4. The Morgan fingerprint density at radius 3 is 2.55 bits per heavy atom. The van der Waals surface area contributed by atoms with Gasteiger partial charge in [0.05, 0.1) is 18.9 Å². The minimum atomic E-state index is -0.405. The number of rotatable bonds is 3. The van der Waals surface area contributed by atoms with E-state index in [1.807, 2.05) is 71.7 Å². The van der Waals surface area contributed by atoms with Crippen molar-refractivity contribution in [2.75, 3.05) is 7.11 Å². The number of ether oxygens (including phenoxy) is 2. The topological polar surface area (TPSA) is 34.1 Å². The number of halogens is 2. The molecule has 0 aliphatic carbocycles. The van der Waals surface area contributed by atoms with Crippen LogP contribution in [0, 0.1) is 0 Å².